The van der Waals surface area contributed by atoms with Crippen LogP contribution in [0.3, 0.4) is 0 Å². The molecular formula is C17H27Br2N. The van der Waals surface area contributed by atoms with Crippen molar-refractivity contribution < 1.29 is 0 Å². The number of hydrogen-bond acceptors (Lipinski definition) is 1. The van der Waals surface area contributed by atoms with E-state index in [2.05, 4.69) is 77.0 Å². The highest BCUT2D eigenvalue weighted by Crippen LogP contribution is 2.31. The summed E-state index contributed by atoms with van der Waals surface area (Å²) in [6.07, 6.45) is 4.79. The highest BCUT2D eigenvalue weighted by atomic mass is 79.9. The lowest BCUT2D eigenvalue weighted by molar-refractivity contribution is 0.302. The average molecular weight is 405 g/mol. The number of nitrogens with one attached hydrogen (secondary N) is 1. The van der Waals surface area contributed by atoms with Crippen LogP contribution in [0.4, 0.5) is 0 Å². The van der Waals surface area contributed by atoms with Crippen LogP contribution < -0.4 is 5.32 Å². The molecule has 0 aromatic heterocycles. The zero-order valence-electron chi connectivity index (χ0n) is 13.2. The summed E-state index contributed by atoms with van der Waals surface area (Å²) in [4.78, 5) is 0. The first-order valence-corrected chi connectivity index (χ1v) is 9.09. The molecule has 0 amide bonds. The molecule has 1 N–H and O–H groups in total. The highest BCUT2D eigenvalue weighted by molar-refractivity contribution is 9.11. The van der Waals surface area contributed by atoms with Crippen LogP contribution in [0.5, 0.6) is 0 Å². The van der Waals surface area contributed by atoms with Crippen molar-refractivity contribution in [3.63, 3.8) is 0 Å². The number of aryl methyl sites for hydroxylation is 2. The minimum Gasteiger partial charge on any atom is -0.317 e. The second-order valence-corrected chi connectivity index (χ2v) is 8.07. The Kier molecular flexibility index (Phi) is 7.78. The van der Waals surface area contributed by atoms with Crippen LogP contribution in [-0.4, -0.2) is 13.1 Å². The van der Waals surface area contributed by atoms with Gasteiger partial charge in [-0.05, 0) is 74.4 Å². The quantitative estimate of drug-likeness (QED) is 0.534. The van der Waals surface area contributed by atoms with E-state index in [0.29, 0.717) is 5.41 Å². The van der Waals surface area contributed by atoms with E-state index < -0.39 is 0 Å². The summed E-state index contributed by atoms with van der Waals surface area (Å²) in [7, 11) is 0. The summed E-state index contributed by atoms with van der Waals surface area (Å²) in [6.45, 7) is 11.3. The van der Waals surface area contributed by atoms with Gasteiger partial charge < -0.3 is 5.32 Å². The van der Waals surface area contributed by atoms with Crippen LogP contribution in [0.2, 0.25) is 0 Å². The van der Waals surface area contributed by atoms with Gasteiger partial charge in [-0.15, -0.1) is 0 Å². The molecule has 0 radical (unpaired) electrons. The molecule has 0 aliphatic carbocycles. The summed E-state index contributed by atoms with van der Waals surface area (Å²) in [5, 5.41) is 3.50. The normalized spacial score (nSPS) is 11.9. The molecule has 1 rings (SSSR count). The van der Waals surface area contributed by atoms with E-state index in [1.807, 2.05) is 0 Å². The van der Waals surface area contributed by atoms with Crippen LogP contribution in [0.15, 0.2) is 21.1 Å². The Balaban J connectivity index is 2.51. The molecule has 0 aliphatic rings. The second-order valence-electron chi connectivity index (χ2n) is 6.36. The third-order valence-electron chi connectivity index (χ3n) is 3.80. The summed E-state index contributed by atoms with van der Waals surface area (Å²) < 4.78 is 2.44. The third-order valence-corrected chi connectivity index (χ3v) is 5.40. The lowest BCUT2D eigenvalue weighted by atomic mass is 9.83. The summed E-state index contributed by atoms with van der Waals surface area (Å²) in [5.74, 6) is 0. The van der Waals surface area contributed by atoms with Crippen molar-refractivity contribution in [3.8, 4) is 0 Å². The summed E-state index contributed by atoms with van der Waals surface area (Å²) in [5.41, 5.74) is 3.07. The molecule has 0 fully saturated rings. The molecule has 1 aromatic carbocycles. The molecule has 1 nitrogen and oxygen atoms in total. The van der Waals surface area contributed by atoms with Crippen molar-refractivity contribution in [3.05, 3.63) is 32.2 Å². The topological polar surface area (TPSA) is 12.0 Å². The van der Waals surface area contributed by atoms with Gasteiger partial charge in [0, 0.05) is 8.95 Å². The van der Waals surface area contributed by atoms with Crippen LogP contribution in [0.25, 0.3) is 0 Å². The maximum absolute atomic E-state index is 3.69. The van der Waals surface area contributed by atoms with Gasteiger partial charge in [-0.25, -0.2) is 0 Å². The van der Waals surface area contributed by atoms with Crippen LogP contribution >= 0.6 is 31.9 Å². The Morgan fingerprint density at radius 3 is 2.40 bits per heavy atom. The van der Waals surface area contributed by atoms with Gasteiger partial charge in [-0.3, -0.25) is 0 Å². The van der Waals surface area contributed by atoms with E-state index in [-0.39, 0.29) is 0 Å². The SMILES string of the molecule is CCCNCCC(C)(C)CCc1cc(Br)c(C)cc1Br. The Labute approximate surface area is 141 Å². The van der Waals surface area contributed by atoms with Crippen LogP contribution in [0, 0.1) is 12.3 Å². The molecule has 0 unspecified atom stereocenters. The van der Waals surface area contributed by atoms with Gasteiger partial charge >= 0.3 is 0 Å². The minimum atomic E-state index is 0.386. The van der Waals surface area contributed by atoms with E-state index in [4.69, 9.17) is 0 Å². The third kappa shape index (κ3) is 6.28. The molecule has 0 atom stereocenters. The van der Waals surface area contributed by atoms with Gasteiger partial charge in [-0.2, -0.15) is 0 Å². The first-order valence-electron chi connectivity index (χ1n) is 7.51. The van der Waals surface area contributed by atoms with Crippen molar-refractivity contribution >= 4 is 31.9 Å². The Hall–Kier alpha value is 0.140. The van der Waals surface area contributed by atoms with Gasteiger partial charge in [0.1, 0.15) is 0 Å². The van der Waals surface area contributed by atoms with E-state index in [1.54, 1.807) is 0 Å². The lowest BCUT2D eigenvalue weighted by Crippen LogP contribution is -2.23. The zero-order chi connectivity index (χ0) is 15.2. The Bertz CT molecular complexity index is 427. The molecule has 0 bridgehead atoms. The predicted molar refractivity (Wildman–Crippen MR) is 96.5 cm³/mol. The maximum Gasteiger partial charge on any atom is 0.0210 e. The van der Waals surface area contributed by atoms with Crippen molar-refractivity contribution in [1.29, 1.82) is 0 Å². The lowest BCUT2D eigenvalue weighted by Gasteiger charge is -2.25. The standard InChI is InChI=1S/C17H27Br2N/c1-5-9-20-10-8-17(3,4)7-6-14-12-15(18)13(2)11-16(14)19/h11-12,20H,5-10H2,1-4H3. The monoisotopic (exact) mass is 403 g/mol. The molecule has 0 saturated heterocycles. The molecule has 0 heterocycles. The molecule has 1 aromatic rings. The minimum absolute atomic E-state index is 0.386. The number of rotatable bonds is 8. The number of hydrogen-bond donors (Lipinski definition) is 1. The zero-order valence-corrected chi connectivity index (χ0v) is 16.3. The molecule has 114 valence electrons. The fourth-order valence-corrected chi connectivity index (χ4v) is 3.25. The van der Waals surface area contributed by atoms with Gasteiger partial charge in [0.25, 0.3) is 0 Å². The van der Waals surface area contributed by atoms with Crippen molar-refractivity contribution in [1.82, 2.24) is 5.32 Å². The van der Waals surface area contributed by atoms with Crippen LogP contribution in [0.1, 0.15) is 51.2 Å². The van der Waals surface area contributed by atoms with Gasteiger partial charge in [0.15, 0.2) is 0 Å². The summed E-state index contributed by atoms with van der Waals surface area (Å²) >= 11 is 7.32. The van der Waals surface area contributed by atoms with E-state index in [0.717, 1.165) is 19.5 Å². The van der Waals surface area contributed by atoms with Crippen molar-refractivity contribution in [2.45, 2.75) is 53.4 Å². The van der Waals surface area contributed by atoms with E-state index >= 15 is 0 Å². The first-order chi connectivity index (χ1) is 9.35. The number of halogens is 2. The predicted octanol–water partition coefficient (Wildman–Crippen LogP) is 5.87. The smallest absolute Gasteiger partial charge is 0.0210 e. The fraction of sp³-hybridized carbons (Fsp3) is 0.647. The molecule has 0 aliphatic heterocycles. The molecule has 3 heteroatoms. The largest absolute Gasteiger partial charge is 0.317 e. The maximum atomic E-state index is 3.69. The molecule has 20 heavy (non-hydrogen) atoms. The summed E-state index contributed by atoms with van der Waals surface area (Å²) in [6, 6.07) is 4.46. The van der Waals surface area contributed by atoms with Crippen molar-refractivity contribution in [2.75, 3.05) is 13.1 Å². The Morgan fingerprint density at radius 2 is 1.75 bits per heavy atom. The van der Waals surface area contributed by atoms with Crippen LogP contribution in [-0.2, 0) is 6.42 Å². The van der Waals surface area contributed by atoms with Gasteiger partial charge in [0.05, 0.1) is 0 Å². The molecular weight excluding hydrogens is 378 g/mol. The fourth-order valence-electron chi connectivity index (χ4n) is 2.21. The molecule has 0 spiro atoms. The van der Waals surface area contributed by atoms with Crippen molar-refractivity contribution in [2.24, 2.45) is 5.41 Å². The Morgan fingerprint density at radius 1 is 1.05 bits per heavy atom. The average Bonchev–Trinajstić information content (AvgIpc) is 2.37. The van der Waals surface area contributed by atoms with Gasteiger partial charge in [0.2, 0.25) is 0 Å². The molecule has 0 saturated carbocycles. The van der Waals surface area contributed by atoms with E-state index in [9.17, 15) is 0 Å². The van der Waals surface area contributed by atoms with Gasteiger partial charge in [-0.1, -0.05) is 52.6 Å². The highest BCUT2D eigenvalue weighted by Gasteiger charge is 2.18. The first kappa shape index (κ1) is 18.2. The van der Waals surface area contributed by atoms with E-state index in [1.165, 1.54) is 39.3 Å². The number of benzene rings is 1. The second kappa shape index (κ2) is 8.55.